The Morgan fingerprint density at radius 1 is 1.30 bits per heavy atom. The molecule has 0 bridgehead atoms. The van der Waals surface area contributed by atoms with Gasteiger partial charge in [0.2, 0.25) is 0 Å². The molecule has 0 unspecified atom stereocenters. The van der Waals surface area contributed by atoms with Gasteiger partial charge in [0, 0.05) is 10.8 Å². The predicted molar refractivity (Wildman–Crippen MR) is 88.3 cm³/mol. The maximum atomic E-state index is 4.97. The molecule has 1 fully saturated rings. The first-order valence-electron chi connectivity index (χ1n) is 7.94. The minimum atomic E-state index is 0.125. The fraction of sp³-hybridized carbons (Fsp3) is 0.824. The summed E-state index contributed by atoms with van der Waals surface area (Å²) in [5.74, 6) is 1.70. The second kappa shape index (κ2) is 5.76. The zero-order chi connectivity index (χ0) is 15.0. The van der Waals surface area contributed by atoms with E-state index in [-0.39, 0.29) is 11.0 Å². The maximum Gasteiger partial charge on any atom is 0.113 e. The largest absolute Gasteiger partial charge is 0.308 e. The Kier molecular flexibility index (Phi) is 4.60. The maximum absolute atomic E-state index is 4.97. The van der Waals surface area contributed by atoms with E-state index in [0.29, 0.717) is 0 Å². The Bertz CT molecular complexity index is 434. The number of hydrogen-bond acceptors (Lipinski definition) is 3. The van der Waals surface area contributed by atoms with Crippen molar-refractivity contribution in [3.63, 3.8) is 0 Å². The highest BCUT2D eigenvalue weighted by Crippen LogP contribution is 2.43. The third-order valence-corrected chi connectivity index (χ3v) is 6.03. The predicted octanol–water partition coefficient (Wildman–Crippen LogP) is 4.70. The summed E-state index contributed by atoms with van der Waals surface area (Å²) in [5, 5.41) is 7.16. The van der Waals surface area contributed by atoms with E-state index in [1.54, 1.807) is 0 Å². The number of aromatic nitrogens is 1. The molecule has 0 aromatic carbocycles. The standard InChI is InChI=1S/C17H30N2S/c1-12(2)13-7-9-17(18-6,10-8-13)15-19-14(11-20-15)16(3,4)5/h11-13,18H,7-10H2,1-6H3. The lowest BCUT2D eigenvalue weighted by Gasteiger charge is -2.40. The Hall–Kier alpha value is -0.410. The third kappa shape index (κ3) is 3.09. The second-order valence-electron chi connectivity index (χ2n) is 7.70. The average Bonchev–Trinajstić information content (AvgIpc) is 2.88. The number of hydrogen-bond donors (Lipinski definition) is 1. The lowest BCUT2D eigenvalue weighted by atomic mass is 9.73. The number of nitrogens with one attached hydrogen (secondary N) is 1. The summed E-state index contributed by atoms with van der Waals surface area (Å²) < 4.78 is 0. The van der Waals surface area contributed by atoms with Crippen LogP contribution < -0.4 is 5.32 Å². The van der Waals surface area contributed by atoms with Crippen LogP contribution in [-0.2, 0) is 11.0 Å². The average molecular weight is 295 g/mol. The second-order valence-corrected chi connectivity index (χ2v) is 8.56. The fourth-order valence-electron chi connectivity index (χ4n) is 3.21. The van der Waals surface area contributed by atoms with Crippen molar-refractivity contribution in [3.05, 3.63) is 16.1 Å². The highest BCUT2D eigenvalue weighted by Gasteiger charge is 2.39. The van der Waals surface area contributed by atoms with E-state index in [1.165, 1.54) is 36.4 Å². The van der Waals surface area contributed by atoms with Crippen molar-refractivity contribution in [2.45, 2.75) is 71.3 Å². The molecule has 1 heterocycles. The Morgan fingerprint density at radius 3 is 2.30 bits per heavy atom. The number of nitrogens with zero attached hydrogens (tertiary/aromatic N) is 1. The normalized spacial score (nSPS) is 28.1. The molecule has 0 spiro atoms. The van der Waals surface area contributed by atoms with E-state index in [9.17, 15) is 0 Å². The first kappa shape index (κ1) is 16.0. The van der Waals surface area contributed by atoms with Crippen LogP contribution in [0.25, 0.3) is 0 Å². The molecule has 20 heavy (non-hydrogen) atoms. The lowest BCUT2D eigenvalue weighted by Crippen LogP contribution is -2.43. The van der Waals surface area contributed by atoms with Gasteiger partial charge in [-0.15, -0.1) is 11.3 Å². The van der Waals surface area contributed by atoms with Crippen LogP contribution in [0.3, 0.4) is 0 Å². The summed E-state index contributed by atoms with van der Waals surface area (Å²) in [6, 6.07) is 0. The van der Waals surface area contributed by atoms with Gasteiger partial charge in [0.25, 0.3) is 0 Å². The summed E-state index contributed by atoms with van der Waals surface area (Å²) in [7, 11) is 2.11. The Balaban J connectivity index is 2.19. The molecule has 1 aliphatic rings. The molecule has 1 N–H and O–H groups in total. The monoisotopic (exact) mass is 294 g/mol. The van der Waals surface area contributed by atoms with Crippen LogP contribution in [0.4, 0.5) is 0 Å². The molecule has 0 atom stereocenters. The molecule has 2 nitrogen and oxygen atoms in total. The summed E-state index contributed by atoms with van der Waals surface area (Å²) in [4.78, 5) is 4.97. The van der Waals surface area contributed by atoms with Gasteiger partial charge in [-0.3, -0.25) is 0 Å². The fourth-order valence-corrected chi connectivity index (χ4v) is 4.52. The van der Waals surface area contributed by atoms with Crippen molar-refractivity contribution < 1.29 is 0 Å². The van der Waals surface area contributed by atoms with E-state index in [4.69, 9.17) is 4.98 Å². The molecular weight excluding hydrogens is 264 g/mol. The van der Waals surface area contributed by atoms with Gasteiger partial charge < -0.3 is 5.32 Å². The number of thiazole rings is 1. The van der Waals surface area contributed by atoms with Gasteiger partial charge >= 0.3 is 0 Å². The van der Waals surface area contributed by atoms with E-state index in [1.807, 2.05) is 11.3 Å². The van der Waals surface area contributed by atoms with E-state index >= 15 is 0 Å². The molecule has 114 valence electrons. The molecule has 3 heteroatoms. The highest BCUT2D eigenvalue weighted by molar-refractivity contribution is 7.09. The smallest absolute Gasteiger partial charge is 0.113 e. The summed E-state index contributed by atoms with van der Waals surface area (Å²) in [6.07, 6.45) is 5.10. The van der Waals surface area contributed by atoms with Gasteiger partial charge in [-0.25, -0.2) is 4.98 Å². The van der Waals surface area contributed by atoms with Crippen molar-refractivity contribution in [1.29, 1.82) is 0 Å². The van der Waals surface area contributed by atoms with Crippen molar-refractivity contribution >= 4 is 11.3 Å². The molecule has 0 saturated heterocycles. The van der Waals surface area contributed by atoms with Gasteiger partial charge in [-0.1, -0.05) is 34.6 Å². The van der Waals surface area contributed by atoms with Gasteiger partial charge in [0.1, 0.15) is 5.01 Å². The van der Waals surface area contributed by atoms with Gasteiger partial charge in [-0.2, -0.15) is 0 Å². The Morgan fingerprint density at radius 2 is 1.90 bits per heavy atom. The summed E-state index contributed by atoms with van der Waals surface area (Å²) >= 11 is 1.84. The topological polar surface area (TPSA) is 24.9 Å². The Labute approximate surface area is 128 Å². The molecule has 1 aromatic rings. The van der Waals surface area contributed by atoms with Crippen LogP contribution in [0.15, 0.2) is 5.38 Å². The van der Waals surface area contributed by atoms with Gasteiger partial charge in [-0.05, 0) is 44.6 Å². The van der Waals surface area contributed by atoms with E-state index in [0.717, 1.165) is 11.8 Å². The zero-order valence-electron chi connectivity index (χ0n) is 13.9. The lowest BCUT2D eigenvalue weighted by molar-refractivity contribution is 0.168. The molecular formula is C17H30N2S. The molecule has 0 radical (unpaired) electrons. The van der Waals surface area contributed by atoms with Crippen molar-refractivity contribution in [2.75, 3.05) is 7.05 Å². The highest BCUT2D eigenvalue weighted by atomic mass is 32.1. The van der Waals surface area contributed by atoms with Crippen LogP contribution in [0.1, 0.15) is 71.0 Å². The molecule has 2 rings (SSSR count). The molecule has 1 aliphatic carbocycles. The molecule has 1 saturated carbocycles. The van der Waals surface area contributed by atoms with Crippen LogP contribution in [-0.4, -0.2) is 12.0 Å². The van der Waals surface area contributed by atoms with Gasteiger partial charge in [0.05, 0.1) is 11.2 Å². The summed E-state index contributed by atoms with van der Waals surface area (Å²) in [5.41, 5.74) is 1.51. The van der Waals surface area contributed by atoms with Crippen LogP contribution >= 0.6 is 11.3 Å². The van der Waals surface area contributed by atoms with E-state index in [2.05, 4.69) is 52.4 Å². The van der Waals surface area contributed by atoms with Gasteiger partial charge in [0.15, 0.2) is 0 Å². The van der Waals surface area contributed by atoms with Crippen LogP contribution in [0.2, 0.25) is 0 Å². The van der Waals surface area contributed by atoms with E-state index < -0.39 is 0 Å². The number of rotatable bonds is 3. The minimum Gasteiger partial charge on any atom is -0.308 e. The zero-order valence-corrected chi connectivity index (χ0v) is 14.7. The SMILES string of the molecule is CNC1(c2nc(C(C)(C)C)cs2)CCC(C(C)C)CC1. The first-order chi connectivity index (χ1) is 9.28. The van der Waals surface area contributed by atoms with Crippen molar-refractivity contribution in [3.8, 4) is 0 Å². The quantitative estimate of drug-likeness (QED) is 0.874. The first-order valence-corrected chi connectivity index (χ1v) is 8.82. The molecule has 0 amide bonds. The molecule has 0 aliphatic heterocycles. The minimum absolute atomic E-state index is 0.125. The van der Waals surface area contributed by atoms with Crippen molar-refractivity contribution in [2.24, 2.45) is 11.8 Å². The third-order valence-electron chi connectivity index (χ3n) is 4.99. The molecule has 1 aromatic heterocycles. The van der Waals surface area contributed by atoms with Crippen LogP contribution in [0, 0.1) is 11.8 Å². The van der Waals surface area contributed by atoms with Crippen molar-refractivity contribution in [1.82, 2.24) is 10.3 Å². The van der Waals surface area contributed by atoms with Crippen LogP contribution in [0.5, 0.6) is 0 Å². The summed E-state index contributed by atoms with van der Waals surface area (Å²) in [6.45, 7) is 11.4.